The highest BCUT2D eigenvalue weighted by Crippen LogP contribution is 2.04. The van der Waals surface area contributed by atoms with Crippen LogP contribution in [-0.4, -0.2) is 33.5 Å². The van der Waals surface area contributed by atoms with Crippen LogP contribution in [0.1, 0.15) is 17.4 Å². The molecule has 0 aliphatic rings. The molecule has 0 radical (unpaired) electrons. The van der Waals surface area contributed by atoms with Gasteiger partial charge in [0.2, 0.25) is 0 Å². The third kappa shape index (κ3) is 2.72. The van der Waals surface area contributed by atoms with Crippen LogP contribution in [0.3, 0.4) is 0 Å². The highest BCUT2D eigenvalue weighted by molar-refractivity contribution is 5.92. The van der Waals surface area contributed by atoms with Crippen molar-refractivity contribution in [3.63, 3.8) is 0 Å². The van der Waals surface area contributed by atoms with Crippen LogP contribution in [0.15, 0.2) is 36.5 Å². The second-order valence-corrected chi connectivity index (χ2v) is 3.97. The molecule has 6 heteroatoms. The average Bonchev–Trinajstić information content (AvgIpc) is 2.89. The lowest BCUT2D eigenvalue weighted by Gasteiger charge is -2.08. The van der Waals surface area contributed by atoms with Gasteiger partial charge < -0.3 is 11.1 Å². The summed E-state index contributed by atoms with van der Waals surface area (Å²) in [6.45, 7) is 2.22. The van der Waals surface area contributed by atoms with Crippen LogP contribution in [0.5, 0.6) is 0 Å². The van der Waals surface area contributed by atoms with Gasteiger partial charge in [-0.05, 0) is 19.1 Å². The Balaban J connectivity index is 2.13. The molecule has 1 amide bonds. The van der Waals surface area contributed by atoms with Gasteiger partial charge >= 0.3 is 0 Å². The summed E-state index contributed by atoms with van der Waals surface area (Å²) in [6.07, 6.45) is 1.44. The van der Waals surface area contributed by atoms with E-state index in [2.05, 4.69) is 15.5 Å². The maximum Gasteiger partial charge on any atom is 0.273 e. The topological polar surface area (TPSA) is 85.8 Å². The van der Waals surface area contributed by atoms with Gasteiger partial charge in [0, 0.05) is 12.6 Å². The van der Waals surface area contributed by atoms with E-state index in [1.165, 1.54) is 11.0 Å². The Morgan fingerprint density at radius 2 is 2.17 bits per heavy atom. The molecule has 0 spiro atoms. The van der Waals surface area contributed by atoms with Gasteiger partial charge in [-0.15, -0.1) is 5.10 Å². The highest BCUT2D eigenvalue weighted by Gasteiger charge is 2.13. The van der Waals surface area contributed by atoms with Gasteiger partial charge in [-0.2, -0.15) is 9.90 Å². The SMILES string of the molecule is CC(CN)NC(=O)c1cnn(-c2ccccc2)n1. The van der Waals surface area contributed by atoms with Crippen LogP contribution >= 0.6 is 0 Å². The van der Waals surface area contributed by atoms with E-state index in [4.69, 9.17) is 5.73 Å². The first-order valence-corrected chi connectivity index (χ1v) is 5.69. The number of amides is 1. The fraction of sp³-hybridized carbons (Fsp3) is 0.250. The zero-order valence-electron chi connectivity index (χ0n) is 10.1. The predicted molar refractivity (Wildman–Crippen MR) is 67.3 cm³/mol. The Kier molecular flexibility index (Phi) is 3.69. The summed E-state index contributed by atoms with van der Waals surface area (Å²) >= 11 is 0. The lowest BCUT2D eigenvalue weighted by Crippen LogP contribution is -2.38. The van der Waals surface area contributed by atoms with Crippen molar-refractivity contribution in [1.82, 2.24) is 20.3 Å². The molecule has 1 unspecified atom stereocenters. The molecule has 0 aliphatic carbocycles. The van der Waals surface area contributed by atoms with Gasteiger partial charge in [0.15, 0.2) is 5.69 Å². The maximum atomic E-state index is 11.8. The van der Waals surface area contributed by atoms with Gasteiger partial charge in [-0.3, -0.25) is 4.79 Å². The fourth-order valence-corrected chi connectivity index (χ4v) is 1.41. The molecule has 0 fully saturated rings. The minimum atomic E-state index is -0.268. The predicted octanol–water partition coefficient (Wildman–Crippen LogP) is 0.344. The zero-order valence-corrected chi connectivity index (χ0v) is 10.1. The zero-order chi connectivity index (χ0) is 13.0. The Bertz CT molecular complexity index is 522. The van der Waals surface area contributed by atoms with Crippen LogP contribution in [0.2, 0.25) is 0 Å². The monoisotopic (exact) mass is 245 g/mol. The quantitative estimate of drug-likeness (QED) is 0.813. The van der Waals surface area contributed by atoms with Gasteiger partial charge in [-0.1, -0.05) is 18.2 Å². The van der Waals surface area contributed by atoms with E-state index < -0.39 is 0 Å². The van der Waals surface area contributed by atoms with E-state index in [0.29, 0.717) is 6.54 Å². The number of nitrogens with one attached hydrogen (secondary N) is 1. The first-order valence-electron chi connectivity index (χ1n) is 5.69. The van der Waals surface area contributed by atoms with Gasteiger partial charge in [0.25, 0.3) is 5.91 Å². The number of hydrogen-bond acceptors (Lipinski definition) is 4. The van der Waals surface area contributed by atoms with Crippen LogP contribution in [0.4, 0.5) is 0 Å². The number of hydrogen-bond donors (Lipinski definition) is 2. The largest absolute Gasteiger partial charge is 0.347 e. The lowest BCUT2D eigenvalue weighted by atomic mass is 10.3. The van der Waals surface area contributed by atoms with E-state index in [0.717, 1.165) is 5.69 Å². The molecular formula is C12H15N5O. The summed E-state index contributed by atoms with van der Waals surface area (Å²) in [5, 5.41) is 10.9. The van der Waals surface area contributed by atoms with Crippen molar-refractivity contribution >= 4 is 5.91 Å². The Hall–Kier alpha value is -2.21. The minimum absolute atomic E-state index is 0.0839. The molecule has 3 N–H and O–H groups in total. The van der Waals surface area contributed by atoms with Crippen molar-refractivity contribution in [3.8, 4) is 5.69 Å². The van der Waals surface area contributed by atoms with E-state index in [-0.39, 0.29) is 17.6 Å². The normalized spacial score (nSPS) is 12.1. The summed E-state index contributed by atoms with van der Waals surface area (Å²) in [7, 11) is 0. The molecule has 1 aromatic heterocycles. The molecule has 6 nitrogen and oxygen atoms in total. The van der Waals surface area contributed by atoms with Crippen LogP contribution in [0, 0.1) is 0 Å². The molecule has 0 bridgehead atoms. The summed E-state index contributed by atoms with van der Waals surface area (Å²) in [4.78, 5) is 13.2. The smallest absolute Gasteiger partial charge is 0.273 e. The van der Waals surface area contributed by atoms with E-state index >= 15 is 0 Å². The lowest BCUT2D eigenvalue weighted by molar-refractivity contribution is 0.0936. The van der Waals surface area contributed by atoms with Crippen molar-refractivity contribution in [1.29, 1.82) is 0 Å². The summed E-state index contributed by atoms with van der Waals surface area (Å²) < 4.78 is 0. The van der Waals surface area contributed by atoms with E-state index in [1.807, 2.05) is 37.3 Å². The number of carbonyl (C=O) groups excluding carboxylic acids is 1. The number of nitrogens with zero attached hydrogens (tertiary/aromatic N) is 3. The van der Waals surface area contributed by atoms with E-state index in [9.17, 15) is 4.79 Å². The number of benzene rings is 1. The van der Waals surface area contributed by atoms with Crippen LogP contribution in [0.25, 0.3) is 5.69 Å². The molecule has 2 rings (SSSR count). The maximum absolute atomic E-state index is 11.8. The molecule has 1 atom stereocenters. The molecular weight excluding hydrogens is 230 g/mol. The summed E-state index contributed by atoms with van der Waals surface area (Å²) in [5.41, 5.74) is 6.52. The molecule has 0 saturated heterocycles. The summed E-state index contributed by atoms with van der Waals surface area (Å²) in [6, 6.07) is 9.32. The van der Waals surface area contributed by atoms with Crippen molar-refractivity contribution in [2.24, 2.45) is 5.73 Å². The molecule has 2 aromatic rings. The molecule has 1 aromatic carbocycles. The molecule has 0 aliphatic heterocycles. The molecule has 1 heterocycles. The number of aromatic nitrogens is 3. The van der Waals surface area contributed by atoms with Gasteiger partial charge in [0.1, 0.15) is 0 Å². The molecule has 94 valence electrons. The van der Waals surface area contributed by atoms with Crippen LogP contribution < -0.4 is 11.1 Å². The first kappa shape index (κ1) is 12.3. The average molecular weight is 245 g/mol. The van der Waals surface area contributed by atoms with Crippen molar-refractivity contribution in [2.75, 3.05) is 6.54 Å². The number of nitrogens with two attached hydrogens (primary N) is 1. The number of carbonyl (C=O) groups is 1. The molecule has 0 saturated carbocycles. The third-order valence-corrected chi connectivity index (χ3v) is 2.44. The van der Waals surface area contributed by atoms with Gasteiger partial charge in [-0.25, -0.2) is 0 Å². The van der Waals surface area contributed by atoms with Crippen molar-refractivity contribution in [3.05, 3.63) is 42.2 Å². The standard InChI is InChI=1S/C12H15N5O/c1-9(7-13)15-12(18)11-8-14-17(16-11)10-5-3-2-4-6-10/h2-6,8-9H,7,13H2,1H3,(H,15,18). The highest BCUT2D eigenvalue weighted by atomic mass is 16.2. The minimum Gasteiger partial charge on any atom is -0.347 e. The Morgan fingerprint density at radius 1 is 1.44 bits per heavy atom. The molecule has 18 heavy (non-hydrogen) atoms. The van der Waals surface area contributed by atoms with Crippen molar-refractivity contribution < 1.29 is 4.79 Å². The fourth-order valence-electron chi connectivity index (χ4n) is 1.41. The van der Waals surface area contributed by atoms with Crippen LogP contribution in [-0.2, 0) is 0 Å². The van der Waals surface area contributed by atoms with Crippen molar-refractivity contribution in [2.45, 2.75) is 13.0 Å². The third-order valence-electron chi connectivity index (χ3n) is 2.44. The number of para-hydroxylation sites is 1. The first-order chi connectivity index (χ1) is 8.70. The number of rotatable bonds is 4. The van der Waals surface area contributed by atoms with E-state index in [1.54, 1.807) is 0 Å². The van der Waals surface area contributed by atoms with Gasteiger partial charge in [0.05, 0.1) is 11.9 Å². The second kappa shape index (κ2) is 5.42. The summed E-state index contributed by atoms with van der Waals surface area (Å²) in [5.74, 6) is -0.268. The Morgan fingerprint density at radius 3 is 2.83 bits per heavy atom. The Labute approximate surface area is 105 Å². The second-order valence-electron chi connectivity index (χ2n) is 3.97.